The van der Waals surface area contributed by atoms with Crippen LogP contribution in [0.5, 0.6) is 0 Å². The van der Waals surface area contributed by atoms with Crippen LogP contribution < -0.4 is 5.32 Å². The van der Waals surface area contributed by atoms with Gasteiger partial charge < -0.3 is 9.88 Å². The third-order valence-corrected chi connectivity index (χ3v) is 6.17. The number of benzene rings is 2. The van der Waals surface area contributed by atoms with Crippen LogP contribution in [0, 0.1) is 6.92 Å². The minimum Gasteiger partial charge on any atom is -0.351 e. The van der Waals surface area contributed by atoms with Crippen molar-refractivity contribution in [1.29, 1.82) is 0 Å². The van der Waals surface area contributed by atoms with Crippen molar-refractivity contribution in [3.8, 4) is 0 Å². The van der Waals surface area contributed by atoms with Crippen molar-refractivity contribution in [1.82, 2.24) is 14.9 Å². The second-order valence-electron chi connectivity index (χ2n) is 7.63. The van der Waals surface area contributed by atoms with Gasteiger partial charge in [0, 0.05) is 19.5 Å². The Kier molecular flexibility index (Phi) is 6.60. The van der Waals surface area contributed by atoms with Gasteiger partial charge in [-0.2, -0.15) is 0 Å². The number of hydrogen-bond acceptors (Lipinski definition) is 3. The lowest BCUT2D eigenvalue weighted by Crippen LogP contribution is -2.23. The van der Waals surface area contributed by atoms with Gasteiger partial charge in [-0.3, -0.25) is 4.79 Å². The molecule has 2 heterocycles. The molecule has 2 aromatic heterocycles. The highest BCUT2D eigenvalue weighted by Crippen LogP contribution is 2.20. The number of unbranched alkanes of at least 4 members (excludes halogenated alkanes) is 2. The minimum atomic E-state index is 0.0323. The normalized spacial score (nSPS) is 11.1. The lowest BCUT2D eigenvalue weighted by atomic mass is 10.1. The molecule has 5 heteroatoms. The largest absolute Gasteiger partial charge is 0.351 e. The van der Waals surface area contributed by atoms with E-state index in [4.69, 9.17) is 4.98 Å². The minimum absolute atomic E-state index is 0.0323. The van der Waals surface area contributed by atoms with E-state index in [1.807, 2.05) is 23.6 Å². The van der Waals surface area contributed by atoms with Gasteiger partial charge in [-0.05, 0) is 48.9 Å². The average molecular weight is 418 g/mol. The molecule has 0 radical (unpaired) electrons. The maximum Gasteiger partial charge on any atom is 0.261 e. The highest BCUT2D eigenvalue weighted by atomic mass is 32.1. The summed E-state index contributed by atoms with van der Waals surface area (Å²) in [5.41, 5.74) is 4.82. The van der Waals surface area contributed by atoms with Crippen LogP contribution in [-0.4, -0.2) is 22.0 Å². The molecule has 1 N–H and O–H groups in total. The molecule has 0 aliphatic carbocycles. The fraction of sp³-hybridized carbons (Fsp3) is 0.280. The Morgan fingerprint density at radius 3 is 2.63 bits per heavy atom. The van der Waals surface area contributed by atoms with Crippen LogP contribution in [-0.2, 0) is 13.0 Å². The molecule has 0 aliphatic heterocycles. The lowest BCUT2D eigenvalue weighted by Gasteiger charge is -2.10. The summed E-state index contributed by atoms with van der Waals surface area (Å²) in [6, 6.07) is 20.9. The molecule has 0 saturated carbocycles. The Hall–Kier alpha value is -2.92. The fourth-order valence-electron chi connectivity index (χ4n) is 3.65. The number of aromatic nitrogens is 2. The van der Waals surface area contributed by atoms with Crippen LogP contribution in [0.15, 0.2) is 66.0 Å². The topological polar surface area (TPSA) is 46.9 Å². The van der Waals surface area contributed by atoms with Crippen molar-refractivity contribution in [3.63, 3.8) is 0 Å². The van der Waals surface area contributed by atoms with E-state index in [0.717, 1.165) is 55.0 Å². The van der Waals surface area contributed by atoms with Gasteiger partial charge >= 0.3 is 0 Å². The van der Waals surface area contributed by atoms with Gasteiger partial charge in [0.25, 0.3) is 5.91 Å². The second-order valence-corrected chi connectivity index (χ2v) is 8.58. The molecular formula is C25H27N3OS. The van der Waals surface area contributed by atoms with E-state index in [0.29, 0.717) is 0 Å². The summed E-state index contributed by atoms with van der Waals surface area (Å²) in [5, 5.41) is 4.93. The third-order valence-electron chi connectivity index (χ3n) is 5.30. The summed E-state index contributed by atoms with van der Waals surface area (Å²) < 4.78 is 2.35. The Morgan fingerprint density at radius 2 is 1.83 bits per heavy atom. The summed E-state index contributed by atoms with van der Waals surface area (Å²) in [5.74, 6) is 1.17. The number of nitrogens with one attached hydrogen (secondary N) is 1. The molecule has 2 aromatic carbocycles. The molecule has 0 saturated heterocycles. The first-order valence-corrected chi connectivity index (χ1v) is 11.4. The first-order chi connectivity index (χ1) is 14.7. The van der Waals surface area contributed by atoms with Crippen molar-refractivity contribution in [2.24, 2.45) is 0 Å². The number of thiophene rings is 1. The average Bonchev–Trinajstić information content (AvgIpc) is 3.41. The highest BCUT2D eigenvalue weighted by molar-refractivity contribution is 7.12. The Labute approximate surface area is 181 Å². The number of carbonyl (C=O) groups is 1. The lowest BCUT2D eigenvalue weighted by molar-refractivity contribution is 0.0957. The van der Waals surface area contributed by atoms with Crippen molar-refractivity contribution >= 4 is 28.3 Å². The van der Waals surface area contributed by atoms with E-state index >= 15 is 0 Å². The SMILES string of the molecule is Cc1ccc(Cn2c(CCCCCNC(=O)c3cccs3)nc3ccccc32)cc1. The summed E-state index contributed by atoms with van der Waals surface area (Å²) in [6.07, 6.45) is 4.05. The van der Waals surface area contributed by atoms with Crippen molar-refractivity contribution in [3.05, 3.63) is 87.9 Å². The number of rotatable bonds is 9. The standard InChI is InChI=1S/C25H27N3OS/c1-19-12-14-20(15-13-19)18-28-22-9-5-4-8-21(22)27-24(28)11-3-2-6-16-26-25(29)23-10-7-17-30-23/h4-5,7-10,12-15,17H,2-3,6,11,16,18H2,1H3,(H,26,29). The Bertz CT molecular complexity index is 1100. The fourth-order valence-corrected chi connectivity index (χ4v) is 4.29. The van der Waals surface area contributed by atoms with Crippen LogP contribution in [0.25, 0.3) is 11.0 Å². The van der Waals surface area contributed by atoms with E-state index in [1.165, 1.54) is 28.0 Å². The van der Waals surface area contributed by atoms with Gasteiger partial charge in [0.05, 0.1) is 15.9 Å². The van der Waals surface area contributed by atoms with Gasteiger partial charge in [0.1, 0.15) is 5.82 Å². The number of imidazole rings is 1. The van der Waals surface area contributed by atoms with E-state index in [-0.39, 0.29) is 5.91 Å². The molecule has 30 heavy (non-hydrogen) atoms. The first-order valence-electron chi connectivity index (χ1n) is 10.5. The molecule has 4 rings (SSSR count). The Morgan fingerprint density at radius 1 is 1.00 bits per heavy atom. The van der Waals surface area contributed by atoms with Crippen LogP contribution in [0.2, 0.25) is 0 Å². The predicted molar refractivity (Wildman–Crippen MR) is 124 cm³/mol. The zero-order chi connectivity index (χ0) is 20.8. The molecule has 0 unspecified atom stereocenters. The molecule has 1 amide bonds. The molecule has 0 spiro atoms. The van der Waals surface area contributed by atoms with Gasteiger partial charge in [-0.1, -0.05) is 54.4 Å². The zero-order valence-corrected chi connectivity index (χ0v) is 18.1. The van der Waals surface area contributed by atoms with Crippen molar-refractivity contribution in [2.75, 3.05) is 6.54 Å². The van der Waals surface area contributed by atoms with Crippen LogP contribution in [0.4, 0.5) is 0 Å². The highest BCUT2D eigenvalue weighted by Gasteiger charge is 2.11. The van der Waals surface area contributed by atoms with E-state index in [1.54, 1.807) is 0 Å². The third kappa shape index (κ3) is 4.97. The predicted octanol–water partition coefficient (Wildman–Crippen LogP) is 5.60. The van der Waals surface area contributed by atoms with E-state index in [2.05, 4.69) is 59.3 Å². The number of aryl methyl sites for hydroxylation is 2. The smallest absolute Gasteiger partial charge is 0.261 e. The van der Waals surface area contributed by atoms with Gasteiger partial charge in [0.15, 0.2) is 0 Å². The maximum atomic E-state index is 12.0. The molecule has 4 aromatic rings. The number of para-hydroxylation sites is 2. The van der Waals surface area contributed by atoms with E-state index < -0.39 is 0 Å². The van der Waals surface area contributed by atoms with Crippen molar-refractivity contribution < 1.29 is 4.79 Å². The van der Waals surface area contributed by atoms with Crippen LogP contribution in [0.1, 0.15) is 45.9 Å². The zero-order valence-electron chi connectivity index (χ0n) is 17.3. The first kappa shape index (κ1) is 20.4. The number of fused-ring (bicyclic) bond motifs is 1. The number of amides is 1. The molecule has 0 bridgehead atoms. The molecule has 154 valence electrons. The Balaban J connectivity index is 1.34. The van der Waals surface area contributed by atoms with Gasteiger partial charge in [0.2, 0.25) is 0 Å². The summed E-state index contributed by atoms with van der Waals surface area (Å²) in [4.78, 5) is 17.7. The maximum absolute atomic E-state index is 12.0. The quantitative estimate of drug-likeness (QED) is 0.361. The van der Waals surface area contributed by atoms with Gasteiger partial charge in [-0.15, -0.1) is 11.3 Å². The van der Waals surface area contributed by atoms with E-state index in [9.17, 15) is 4.79 Å². The monoisotopic (exact) mass is 417 g/mol. The van der Waals surface area contributed by atoms with Gasteiger partial charge in [-0.25, -0.2) is 4.98 Å². The molecular weight excluding hydrogens is 390 g/mol. The second kappa shape index (κ2) is 9.72. The molecule has 4 nitrogen and oxygen atoms in total. The molecule has 0 aliphatic rings. The van der Waals surface area contributed by atoms with Crippen LogP contribution in [0.3, 0.4) is 0 Å². The summed E-state index contributed by atoms with van der Waals surface area (Å²) >= 11 is 1.48. The summed E-state index contributed by atoms with van der Waals surface area (Å²) in [6.45, 7) is 3.67. The number of hydrogen-bond donors (Lipinski definition) is 1. The molecule has 0 atom stereocenters. The summed E-state index contributed by atoms with van der Waals surface area (Å²) in [7, 11) is 0. The van der Waals surface area contributed by atoms with Crippen molar-refractivity contribution in [2.45, 2.75) is 39.2 Å². The number of nitrogens with zero attached hydrogens (tertiary/aromatic N) is 2. The number of carbonyl (C=O) groups excluding carboxylic acids is 1. The molecule has 0 fully saturated rings. The van der Waals surface area contributed by atoms with Crippen LogP contribution >= 0.6 is 11.3 Å².